The first kappa shape index (κ1) is 13.1. The van der Waals surface area contributed by atoms with Gasteiger partial charge in [-0.2, -0.15) is 0 Å². The number of pyridine rings is 1. The van der Waals surface area contributed by atoms with E-state index >= 15 is 0 Å². The third-order valence-electron chi connectivity index (χ3n) is 3.75. The number of hydrogen-bond donors (Lipinski definition) is 1. The van der Waals surface area contributed by atoms with Gasteiger partial charge in [-0.3, -0.25) is 4.98 Å². The van der Waals surface area contributed by atoms with Crippen LogP contribution in [0.3, 0.4) is 0 Å². The Balaban J connectivity index is 1.95. The minimum absolute atomic E-state index is 1.00. The maximum absolute atomic E-state index is 4.58. The molecule has 0 saturated heterocycles. The minimum Gasteiger partial charge on any atom is -0.353 e. The maximum atomic E-state index is 4.58. The number of aromatic nitrogens is 2. The number of hydrogen-bond acceptors (Lipinski definition) is 1. The molecule has 0 radical (unpaired) electrons. The second-order valence-corrected chi connectivity index (χ2v) is 6.47. The molecule has 1 N–H and O–H groups in total. The largest absolute Gasteiger partial charge is 0.353 e. The standard InChI is InChI=1S/C17H22N3/c1-20(2,3)12-6-9-16-17-14(10-11-18-16)13-7-4-5-8-15(13)19-17/h4-5,7-8,10-11,19H,6,9,12H2,1-3H3/q+1. The van der Waals surface area contributed by atoms with E-state index in [1.54, 1.807) is 0 Å². The fourth-order valence-corrected chi connectivity index (χ4v) is 2.74. The summed E-state index contributed by atoms with van der Waals surface area (Å²) in [5.41, 5.74) is 3.59. The molecule has 1 aromatic carbocycles. The summed E-state index contributed by atoms with van der Waals surface area (Å²) in [5.74, 6) is 0. The molecule has 0 aliphatic rings. The predicted molar refractivity (Wildman–Crippen MR) is 84.8 cm³/mol. The molecule has 20 heavy (non-hydrogen) atoms. The average molecular weight is 268 g/mol. The quantitative estimate of drug-likeness (QED) is 0.722. The van der Waals surface area contributed by atoms with Crippen LogP contribution in [0.1, 0.15) is 12.1 Å². The first-order valence-electron chi connectivity index (χ1n) is 7.19. The third kappa shape index (κ3) is 2.54. The highest BCUT2D eigenvalue weighted by Crippen LogP contribution is 2.26. The van der Waals surface area contributed by atoms with Gasteiger partial charge in [0.1, 0.15) is 0 Å². The molecule has 3 aromatic rings. The summed E-state index contributed by atoms with van der Waals surface area (Å²) in [5, 5.41) is 2.58. The number of H-pyrrole nitrogens is 1. The van der Waals surface area contributed by atoms with Crippen LogP contribution in [-0.2, 0) is 6.42 Å². The van der Waals surface area contributed by atoms with Crippen molar-refractivity contribution in [3.8, 4) is 0 Å². The second-order valence-electron chi connectivity index (χ2n) is 6.47. The Labute approximate surface area is 119 Å². The molecule has 104 valence electrons. The molecule has 0 fully saturated rings. The SMILES string of the molecule is C[N+](C)(C)CCCc1nccc2c1[nH]c1ccccc12. The molecule has 0 aliphatic carbocycles. The molecule has 3 rings (SSSR count). The molecule has 2 aromatic heterocycles. The number of quaternary nitrogens is 1. The van der Waals surface area contributed by atoms with Crippen molar-refractivity contribution in [1.82, 2.24) is 9.97 Å². The van der Waals surface area contributed by atoms with Gasteiger partial charge in [0.15, 0.2) is 0 Å². The van der Waals surface area contributed by atoms with Crippen molar-refractivity contribution < 1.29 is 4.48 Å². The van der Waals surface area contributed by atoms with Gasteiger partial charge in [-0.15, -0.1) is 0 Å². The normalized spacial score (nSPS) is 12.3. The number of nitrogens with one attached hydrogen (secondary N) is 1. The van der Waals surface area contributed by atoms with Crippen LogP contribution >= 0.6 is 0 Å². The van der Waals surface area contributed by atoms with E-state index in [2.05, 4.69) is 61.4 Å². The fourth-order valence-electron chi connectivity index (χ4n) is 2.74. The Bertz CT molecular complexity index is 735. The highest BCUT2D eigenvalue weighted by Gasteiger charge is 2.11. The summed E-state index contributed by atoms with van der Waals surface area (Å²) in [6, 6.07) is 10.6. The molecule has 2 heterocycles. The molecule has 0 saturated carbocycles. The van der Waals surface area contributed by atoms with E-state index in [0.29, 0.717) is 0 Å². The lowest BCUT2D eigenvalue weighted by atomic mass is 10.1. The first-order valence-corrected chi connectivity index (χ1v) is 7.19. The van der Waals surface area contributed by atoms with Crippen LogP contribution in [-0.4, -0.2) is 42.1 Å². The van der Waals surface area contributed by atoms with E-state index in [9.17, 15) is 0 Å². The summed E-state index contributed by atoms with van der Waals surface area (Å²) in [6.07, 6.45) is 4.12. The van der Waals surface area contributed by atoms with Gasteiger partial charge in [-0.1, -0.05) is 18.2 Å². The zero-order chi connectivity index (χ0) is 14.2. The smallest absolute Gasteiger partial charge is 0.0784 e. The number of rotatable bonds is 4. The molecule has 0 aliphatic heterocycles. The maximum Gasteiger partial charge on any atom is 0.0784 e. The van der Waals surface area contributed by atoms with Crippen molar-refractivity contribution in [2.75, 3.05) is 27.7 Å². The van der Waals surface area contributed by atoms with Crippen molar-refractivity contribution in [1.29, 1.82) is 0 Å². The van der Waals surface area contributed by atoms with Gasteiger partial charge in [0.05, 0.1) is 38.9 Å². The van der Waals surface area contributed by atoms with E-state index < -0.39 is 0 Å². The van der Waals surface area contributed by atoms with E-state index in [1.807, 2.05) is 6.20 Å². The van der Waals surface area contributed by atoms with Crippen molar-refractivity contribution in [2.24, 2.45) is 0 Å². The zero-order valence-corrected chi connectivity index (χ0v) is 12.5. The molecule has 0 unspecified atom stereocenters. The van der Waals surface area contributed by atoms with Crippen LogP contribution in [0.4, 0.5) is 0 Å². The lowest BCUT2D eigenvalue weighted by Gasteiger charge is -2.23. The molecule has 0 bridgehead atoms. The van der Waals surface area contributed by atoms with Crippen LogP contribution in [0.2, 0.25) is 0 Å². The van der Waals surface area contributed by atoms with Crippen LogP contribution in [0.25, 0.3) is 21.8 Å². The van der Waals surface area contributed by atoms with Gasteiger partial charge in [0.2, 0.25) is 0 Å². The van der Waals surface area contributed by atoms with E-state index in [4.69, 9.17) is 0 Å². The molecular formula is C17H22N3+. The first-order chi connectivity index (χ1) is 9.54. The number of aromatic amines is 1. The van der Waals surface area contributed by atoms with Crippen LogP contribution in [0.5, 0.6) is 0 Å². The van der Waals surface area contributed by atoms with Gasteiger partial charge in [0.25, 0.3) is 0 Å². The predicted octanol–water partition coefficient (Wildman–Crippen LogP) is 3.35. The fraction of sp³-hybridized carbons (Fsp3) is 0.353. The van der Waals surface area contributed by atoms with Crippen molar-refractivity contribution >= 4 is 21.8 Å². The zero-order valence-electron chi connectivity index (χ0n) is 12.5. The Morgan fingerprint density at radius 3 is 2.65 bits per heavy atom. The molecular weight excluding hydrogens is 246 g/mol. The van der Waals surface area contributed by atoms with Gasteiger partial charge >= 0.3 is 0 Å². The van der Waals surface area contributed by atoms with E-state index in [0.717, 1.165) is 23.9 Å². The third-order valence-corrected chi connectivity index (χ3v) is 3.75. The van der Waals surface area contributed by atoms with Crippen LogP contribution < -0.4 is 0 Å². The molecule has 0 amide bonds. The molecule has 0 atom stereocenters. The highest BCUT2D eigenvalue weighted by atomic mass is 15.3. The summed E-state index contributed by atoms with van der Waals surface area (Å²) in [7, 11) is 6.70. The molecule has 3 nitrogen and oxygen atoms in total. The monoisotopic (exact) mass is 268 g/mol. The Morgan fingerprint density at radius 2 is 1.85 bits per heavy atom. The topological polar surface area (TPSA) is 28.7 Å². The van der Waals surface area contributed by atoms with Crippen LogP contribution in [0, 0.1) is 0 Å². The number of nitrogens with zero attached hydrogens (tertiary/aromatic N) is 2. The lowest BCUT2D eigenvalue weighted by molar-refractivity contribution is -0.870. The number of aryl methyl sites for hydroxylation is 1. The van der Waals surface area contributed by atoms with Crippen molar-refractivity contribution in [2.45, 2.75) is 12.8 Å². The van der Waals surface area contributed by atoms with E-state index in [-0.39, 0.29) is 0 Å². The molecule has 0 spiro atoms. The number of benzene rings is 1. The summed E-state index contributed by atoms with van der Waals surface area (Å²) in [4.78, 5) is 8.11. The van der Waals surface area contributed by atoms with Gasteiger partial charge < -0.3 is 9.47 Å². The highest BCUT2D eigenvalue weighted by molar-refractivity contribution is 6.07. The number of fused-ring (bicyclic) bond motifs is 3. The minimum atomic E-state index is 1.00. The summed E-state index contributed by atoms with van der Waals surface area (Å²) >= 11 is 0. The van der Waals surface area contributed by atoms with Crippen molar-refractivity contribution in [3.05, 3.63) is 42.2 Å². The Kier molecular flexibility index (Phi) is 3.22. The summed E-state index contributed by atoms with van der Waals surface area (Å²) in [6.45, 7) is 1.16. The Morgan fingerprint density at radius 1 is 1.05 bits per heavy atom. The van der Waals surface area contributed by atoms with Crippen LogP contribution in [0.15, 0.2) is 36.5 Å². The van der Waals surface area contributed by atoms with Gasteiger partial charge in [0, 0.05) is 28.9 Å². The summed E-state index contributed by atoms with van der Waals surface area (Å²) < 4.78 is 1.00. The van der Waals surface area contributed by atoms with Gasteiger partial charge in [-0.25, -0.2) is 0 Å². The van der Waals surface area contributed by atoms with Gasteiger partial charge in [-0.05, 0) is 18.6 Å². The average Bonchev–Trinajstić information content (AvgIpc) is 2.77. The lowest BCUT2D eigenvalue weighted by Crippen LogP contribution is -2.35. The number of para-hydroxylation sites is 1. The molecule has 3 heteroatoms. The van der Waals surface area contributed by atoms with E-state index in [1.165, 1.54) is 27.5 Å². The van der Waals surface area contributed by atoms with Crippen molar-refractivity contribution in [3.63, 3.8) is 0 Å². The Hall–Kier alpha value is -1.87. The second kappa shape index (κ2) is 4.91.